The van der Waals surface area contributed by atoms with E-state index in [0.29, 0.717) is 32.5 Å². The maximum Gasteiger partial charge on any atom is 0.311 e. The zero-order chi connectivity index (χ0) is 13.5. The van der Waals surface area contributed by atoms with Gasteiger partial charge in [-0.25, -0.2) is 0 Å². The molecule has 18 heavy (non-hydrogen) atoms. The summed E-state index contributed by atoms with van der Waals surface area (Å²) in [7, 11) is 0. The van der Waals surface area contributed by atoms with E-state index in [2.05, 4.69) is 5.32 Å². The lowest BCUT2D eigenvalue weighted by molar-refractivity contribution is -0.147. The Morgan fingerprint density at radius 1 is 1.28 bits per heavy atom. The van der Waals surface area contributed by atoms with Crippen molar-refractivity contribution in [1.82, 2.24) is 10.2 Å². The molecular formula is C12H21N3O3. The summed E-state index contributed by atoms with van der Waals surface area (Å²) < 4.78 is 0. The van der Waals surface area contributed by atoms with Gasteiger partial charge in [-0.15, -0.1) is 0 Å². The highest BCUT2D eigenvalue weighted by Crippen LogP contribution is 2.16. The number of primary amides is 1. The molecule has 0 aromatic rings. The van der Waals surface area contributed by atoms with Crippen LogP contribution >= 0.6 is 0 Å². The minimum absolute atomic E-state index is 0.169. The van der Waals surface area contributed by atoms with Crippen molar-refractivity contribution in [3.05, 3.63) is 0 Å². The van der Waals surface area contributed by atoms with Crippen LogP contribution in [0.5, 0.6) is 0 Å². The number of nitrogens with zero attached hydrogens (tertiary/aromatic N) is 1. The number of hydrogen-bond acceptors (Lipinski definition) is 3. The van der Waals surface area contributed by atoms with Crippen LogP contribution in [0.3, 0.4) is 0 Å². The Hall–Kier alpha value is -1.59. The lowest BCUT2D eigenvalue weighted by Gasteiger charge is -2.29. The minimum atomic E-state index is -0.555. The molecule has 3 N–H and O–H groups in total. The molecule has 1 aliphatic rings. The normalized spacial score (nSPS) is 16.4. The number of likely N-dealkylation sites (tertiary alicyclic amines) is 1. The Morgan fingerprint density at radius 2 is 1.89 bits per heavy atom. The summed E-state index contributed by atoms with van der Waals surface area (Å²) in [6.45, 7) is 3.39. The number of carbonyl (C=O) groups excluding carboxylic acids is 3. The standard InChI is InChI=1S/C12H21N3O3/c1-2-3-6-14-11(17)12(18)15-7-4-9(5-8-15)10(13)16/h9H,2-8H2,1H3,(H2,13,16)(H,14,17). The molecule has 0 spiro atoms. The summed E-state index contributed by atoms with van der Waals surface area (Å²) in [5, 5.41) is 2.59. The van der Waals surface area contributed by atoms with Gasteiger partial charge in [0.2, 0.25) is 5.91 Å². The monoisotopic (exact) mass is 255 g/mol. The van der Waals surface area contributed by atoms with E-state index in [0.717, 1.165) is 12.8 Å². The molecule has 102 valence electrons. The first-order valence-electron chi connectivity index (χ1n) is 6.42. The molecule has 6 nitrogen and oxygen atoms in total. The molecule has 6 heteroatoms. The molecule has 1 rings (SSSR count). The van der Waals surface area contributed by atoms with Gasteiger partial charge in [0.05, 0.1) is 0 Å². The van der Waals surface area contributed by atoms with Gasteiger partial charge in [0.1, 0.15) is 0 Å². The van der Waals surface area contributed by atoms with Gasteiger partial charge in [0, 0.05) is 25.6 Å². The second-order valence-electron chi connectivity index (χ2n) is 4.58. The van der Waals surface area contributed by atoms with E-state index in [1.54, 1.807) is 0 Å². The fourth-order valence-corrected chi connectivity index (χ4v) is 1.97. The van der Waals surface area contributed by atoms with Gasteiger partial charge in [0.15, 0.2) is 0 Å². The van der Waals surface area contributed by atoms with Gasteiger partial charge in [-0.1, -0.05) is 13.3 Å². The number of unbranched alkanes of at least 4 members (excludes halogenated alkanes) is 1. The Balaban J connectivity index is 2.35. The van der Waals surface area contributed by atoms with Crippen LogP contribution in [-0.4, -0.2) is 42.3 Å². The number of nitrogens with two attached hydrogens (primary N) is 1. The number of rotatable bonds is 4. The molecule has 0 aliphatic carbocycles. The summed E-state index contributed by atoms with van der Waals surface area (Å²) in [6, 6.07) is 0. The van der Waals surface area contributed by atoms with E-state index in [-0.39, 0.29) is 11.8 Å². The van der Waals surface area contributed by atoms with E-state index < -0.39 is 11.8 Å². The SMILES string of the molecule is CCCCNC(=O)C(=O)N1CCC(C(N)=O)CC1. The van der Waals surface area contributed by atoms with E-state index in [1.165, 1.54) is 4.90 Å². The molecule has 1 heterocycles. The Bertz CT molecular complexity index is 323. The summed E-state index contributed by atoms with van der Waals surface area (Å²) in [5.41, 5.74) is 5.21. The zero-order valence-corrected chi connectivity index (χ0v) is 10.8. The average Bonchev–Trinajstić information content (AvgIpc) is 2.38. The molecule has 1 saturated heterocycles. The van der Waals surface area contributed by atoms with Crippen LogP contribution in [0, 0.1) is 5.92 Å². The van der Waals surface area contributed by atoms with Crippen molar-refractivity contribution in [2.45, 2.75) is 32.6 Å². The second-order valence-corrected chi connectivity index (χ2v) is 4.58. The number of carbonyl (C=O) groups is 3. The van der Waals surface area contributed by atoms with Gasteiger partial charge in [-0.05, 0) is 19.3 Å². The van der Waals surface area contributed by atoms with Crippen LogP contribution in [0.25, 0.3) is 0 Å². The van der Waals surface area contributed by atoms with Crippen molar-refractivity contribution in [3.8, 4) is 0 Å². The van der Waals surface area contributed by atoms with Gasteiger partial charge >= 0.3 is 11.8 Å². The second kappa shape index (κ2) is 6.98. The van der Waals surface area contributed by atoms with Crippen molar-refractivity contribution in [3.63, 3.8) is 0 Å². The predicted molar refractivity (Wildman–Crippen MR) is 66.4 cm³/mol. The average molecular weight is 255 g/mol. The van der Waals surface area contributed by atoms with E-state index in [4.69, 9.17) is 5.73 Å². The molecule has 0 aromatic heterocycles. The molecule has 0 atom stereocenters. The van der Waals surface area contributed by atoms with Crippen LogP contribution in [0.15, 0.2) is 0 Å². The first-order valence-corrected chi connectivity index (χ1v) is 6.42. The fourth-order valence-electron chi connectivity index (χ4n) is 1.97. The summed E-state index contributed by atoms with van der Waals surface area (Å²) in [6.07, 6.45) is 2.92. The number of hydrogen-bond donors (Lipinski definition) is 2. The molecule has 1 fully saturated rings. The van der Waals surface area contributed by atoms with E-state index in [9.17, 15) is 14.4 Å². The molecule has 0 saturated carbocycles. The van der Waals surface area contributed by atoms with Gasteiger partial charge in [-0.2, -0.15) is 0 Å². The van der Waals surface area contributed by atoms with Crippen molar-refractivity contribution < 1.29 is 14.4 Å². The van der Waals surface area contributed by atoms with Crippen molar-refractivity contribution in [2.24, 2.45) is 11.7 Å². The quantitative estimate of drug-likeness (QED) is 0.530. The number of piperidine rings is 1. The smallest absolute Gasteiger partial charge is 0.311 e. The summed E-state index contributed by atoms with van der Waals surface area (Å²) in [4.78, 5) is 35.8. The third-order valence-corrected chi connectivity index (χ3v) is 3.19. The Morgan fingerprint density at radius 3 is 2.39 bits per heavy atom. The van der Waals surface area contributed by atoms with Crippen LogP contribution < -0.4 is 11.1 Å². The minimum Gasteiger partial charge on any atom is -0.369 e. The third-order valence-electron chi connectivity index (χ3n) is 3.19. The maximum absolute atomic E-state index is 11.8. The van der Waals surface area contributed by atoms with Crippen LogP contribution in [0.2, 0.25) is 0 Å². The third kappa shape index (κ3) is 4.01. The predicted octanol–water partition coefficient (Wildman–Crippen LogP) is -0.373. The molecular weight excluding hydrogens is 234 g/mol. The fraction of sp³-hybridized carbons (Fsp3) is 0.750. The first kappa shape index (κ1) is 14.5. The molecule has 0 aromatic carbocycles. The summed E-state index contributed by atoms with van der Waals surface area (Å²) in [5.74, 6) is -1.55. The van der Waals surface area contributed by atoms with E-state index in [1.807, 2.05) is 6.92 Å². The Kier molecular flexibility index (Phi) is 5.61. The van der Waals surface area contributed by atoms with Crippen molar-refractivity contribution in [1.29, 1.82) is 0 Å². The van der Waals surface area contributed by atoms with Crippen molar-refractivity contribution in [2.75, 3.05) is 19.6 Å². The topological polar surface area (TPSA) is 92.5 Å². The molecule has 0 unspecified atom stereocenters. The van der Waals surface area contributed by atoms with Crippen LogP contribution in [0.1, 0.15) is 32.6 Å². The zero-order valence-electron chi connectivity index (χ0n) is 10.8. The van der Waals surface area contributed by atoms with Gasteiger partial charge in [-0.3, -0.25) is 14.4 Å². The highest BCUT2D eigenvalue weighted by Gasteiger charge is 2.28. The molecule has 0 bridgehead atoms. The Labute approximate surface area is 107 Å². The molecule has 3 amide bonds. The summed E-state index contributed by atoms with van der Waals surface area (Å²) >= 11 is 0. The highest BCUT2D eigenvalue weighted by atomic mass is 16.2. The molecule has 0 radical (unpaired) electrons. The number of nitrogens with one attached hydrogen (secondary N) is 1. The lowest BCUT2D eigenvalue weighted by atomic mass is 9.96. The lowest BCUT2D eigenvalue weighted by Crippen LogP contribution is -2.47. The van der Waals surface area contributed by atoms with Crippen LogP contribution in [-0.2, 0) is 14.4 Å². The highest BCUT2D eigenvalue weighted by molar-refractivity contribution is 6.35. The van der Waals surface area contributed by atoms with Gasteiger partial charge < -0.3 is 16.0 Å². The molecule has 1 aliphatic heterocycles. The van der Waals surface area contributed by atoms with Crippen molar-refractivity contribution >= 4 is 17.7 Å². The number of amides is 3. The first-order chi connectivity index (χ1) is 8.56. The maximum atomic E-state index is 11.8. The van der Waals surface area contributed by atoms with Gasteiger partial charge in [0.25, 0.3) is 0 Å². The van der Waals surface area contributed by atoms with Crippen LogP contribution in [0.4, 0.5) is 0 Å². The largest absolute Gasteiger partial charge is 0.369 e. The van der Waals surface area contributed by atoms with E-state index >= 15 is 0 Å².